The summed E-state index contributed by atoms with van der Waals surface area (Å²) in [7, 11) is 2.15. The number of aliphatic hydroxyl groups is 1. The second kappa shape index (κ2) is 7.46. The van der Waals surface area contributed by atoms with Gasteiger partial charge in [-0.15, -0.1) is 0 Å². The summed E-state index contributed by atoms with van der Waals surface area (Å²) < 4.78 is 2.30. The third-order valence-corrected chi connectivity index (χ3v) is 4.06. The van der Waals surface area contributed by atoms with Gasteiger partial charge in [-0.3, -0.25) is 0 Å². The minimum atomic E-state index is 0.322. The van der Waals surface area contributed by atoms with E-state index in [4.69, 9.17) is 5.11 Å². The molecule has 0 aliphatic rings. The highest BCUT2D eigenvalue weighted by Gasteiger charge is 2.10. The molecule has 2 rings (SSSR count). The van der Waals surface area contributed by atoms with Crippen molar-refractivity contribution in [3.63, 3.8) is 0 Å². The average molecular weight is 274 g/mol. The SMILES string of the molecule is Cc1c(CNCCCCCCO)n(C)c2ccccc12. The van der Waals surface area contributed by atoms with Crippen molar-refractivity contribution in [2.24, 2.45) is 7.05 Å². The zero-order valence-electron chi connectivity index (χ0n) is 12.7. The normalized spacial score (nSPS) is 11.3. The van der Waals surface area contributed by atoms with Gasteiger partial charge < -0.3 is 15.0 Å². The Bertz CT molecular complexity index is 506. The van der Waals surface area contributed by atoms with Crippen LogP contribution in [0, 0.1) is 6.92 Å². The van der Waals surface area contributed by atoms with Gasteiger partial charge in [-0.1, -0.05) is 31.0 Å². The van der Waals surface area contributed by atoms with E-state index in [0.29, 0.717) is 6.61 Å². The van der Waals surface area contributed by atoms with Crippen molar-refractivity contribution in [1.82, 2.24) is 9.88 Å². The standard InChI is InChI=1S/C17H26N2O/c1-14-15-9-5-6-10-16(15)19(2)17(14)13-18-11-7-3-4-8-12-20/h5-6,9-10,18,20H,3-4,7-8,11-13H2,1-2H3. The molecule has 2 aromatic rings. The molecule has 1 heterocycles. The van der Waals surface area contributed by atoms with Crippen LogP contribution in [0.15, 0.2) is 24.3 Å². The highest BCUT2D eigenvalue weighted by molar-refractivity contribution is 5.85. The molecule has 110 valence electrons. The largest absolute Gasteiger partial charge is 0.396 e. The Morgan fingerprint density at radius 3 is 2.60 bits per heavy atom. The smallest absolute Gasteiger partial charge is 0.0483 e. The van der Waals surface area contributed by atoms with Gasteiger partial charge in [0, 0.05) is 36.8 Å². The third kappa shape index (κ3) is 3.41. The Balaban J connectivity index is 1.87. The van der Waals surface area contributed by atoms with E-state index >= 15 is 0 Å². The number of aromatic nitrogens is 1. The molecular weight excluding hydrogens is 248 g/mol. The van der Waals surface area contributed by atoms with Crippen molar-refractivity contribution in [3.8, 4) is 0 Å². The molecule has 0 fully saturated rings. The summed E-state index contributed by atoms with van der Waals surface area (Å²) in [6.45, 7) is 4.51. The van der Waals surface area contributed by atoms with Gasteiger partial charge in [0.1, 0.15) is 0 Å². The van der Waals surface area contributed by atoms with E-state index < -0.39 is 0 Å². The summed E-state index contributed by atoms with van der Waals surface area (Å²) in [5.41, 5.74) is 4.07. The third-order valence-electron chi connectivity index (χ3n) is 4.06. The summed E-state index contributed by atoms with van der Waals surface area (Å²) in [6.07, 6.45) is 4.44. The minimum Gasteiger partial charge on any atom is -0.396 e. The van der Waals surface area contributed by atoms with Gasteiger partial charge in [0.15, 0.2) is 0 Å². The van der Waals surface area contributed by atoms with Crippen molar-refractivity contribution in [1.29, 1.82) is 0 Å². The first kappa shape index (κ1) is 15.1. The van der Waals surface area contributed by atoms with E-state index in [9.17, 15) is 0 Å². The number of para-hydroxylation sites is 1. The maximum Gasteiger partial charge on any atom is 0.0483 e. The maximum absolute atomic E-state index is 8.73. The number of fused-ring (bicyclic) bond motifs is 1. The molecule has 3 heteroatoms. The van der Waals surface area contributed by atoms with Crippen LogP contribution >= 0.6 is 0 Å². The minimum absolute atomic E-state index is 0.322. The van der Waals surface area contributed by atoms with Crippen LogP contribution < -0.4 is 5.32 Å². The fourth-order valence-electron chi connectivity index (χ4n) is 2.81. The fraction of sp³-hybridized carbons (Fsp3) is 0.529. The number of nitrogens with one attached hydrogen (secondary N) is 1. The van der Waals surface area contributed by atoms with Crippen molar-refractivity contribution in [2.75, 3.05) is 13.2 Å². The Morgan fingerprint density at radius 2 is 1.85 bits per heavy atom. The molecule has 0 saturated carbocycles. The second-order valence-corrected chi connectivity index (χ2v) is 5.46. The van der Waals surface area contributed by atoms with E-state index in [2.05, 4.69) is 48.1 Å². The molecule has 1 aromatic carbocycles. The van der Waals surface area contributed by atoms with Crippen molar-refractivity contribution >= 4 is 10.9 Å². The predicted molar refractivity (Wildman–Crippen MR) is 84.9 cm³/mol. The Hall–Kier alpha value is -1.32. The Morgan fingerprint density at radius 1 is 1.10 bits per heavy atom. The van der Waals surface area contributed by atoms with Gasteiger partial charge >= 0.3 is 0 Å². The molecule has 2 N–H and O–H groups in total. The summed E-state index contributed by atoms with van der Waals surface area (Å²) in [6, 6.07) is 8.58. The molecule has 0 bridgehead atoms. The number of unbranched alkanes of at least 4 members (excludes halogenated alkanes) is 3. The number of hydrogen-bond donors (Lipinski definition) is 2. The Kier molecular flexibility index (Phi) is 5.62. The molecule has 3 nitrogen and oxygen atoms in total. The highest BCUT2D eigenvalue weighted by Crippen LogP contribution is 2.24. The molecule has 0 radical (unpaired) electrons. The quantitative estimate of drug-likeness (QED) is 0.726. The van der Waals surface area contributed by atoms with Crippen molar-refractivity contribution in [3.05, 3.63) is 35.5 Å². The number of aryl methyl sites for hydroxylation is 2. The number of aliphatic hydroxyl groups excluding tert-OH is 1. The fourth-order valence-corrected chi connectivity index (χ4v) is 2.81. The van der Waals surface area contributed by atoms with E-state index in [1.807, 2.05) is 0 Å². The monoisotopic (exact) mass is 274 g/mol. The van der Waals surface area contributed by atoms with Crippen LogP contribution in [0.5, 0.6) is 0 Å². The van der Waals surface area contributed by atoms with Crippen LogP contribution in [0.4, 0.5) is 0 Å². The van der Waals surface area contributed by atoms with E-state index in [-0.39, 0.29) is 0 Å². The first-order chi connectivity index (χ1) is 9.75. The molecule has 0 aliphatic heterocycles. The van der Waals surface area contributed by atoms with Crippen LogP contribution in [0.25, 0.3) is 10.9 Å². The topological polar surface area (TPSA) is 37.2 Å². The molecular formula is C17H26N2O. The number of nitrogens with zero attached hydrogens (tertiary/aromatic N) is 1. The van der Waals surface area contributed by atoms with E-state index in [0.717, 1.165) is 25.9 Å². The number of benzene rings is 1. The summed E-state index contributed by atoms with van der Waals surface area (Å²) in [5.74, 6) is 0. The van der Waals surface area contributed by atoms with Crippen molar-refractivity contribution < 1.29 is 5.11 Å². The van der Waals surface area contributed by atoms with Gasteiger partial charge in [0.2, 0.25) is 0 Å². The summed E-state index contributed by atoms with van der Waals surface area (Å²) in [5, 5.41) is 13.6. The van der Waals surface area contributed by atoms with Crippen LogP contribution in [-0.2, 0) is 13.6 Å². The van der Waals surface area contributed by atoms with Crippen LogP contribution in [-0.4, -0.2) is 22.8 Å². The lowest BCUT2D eigenvalue weighted by Gasteiger charge is -2.08. The van der Waals surface area contributed by atoms with Gasteiger partial charge in [-0.2, -0.15) is 0 Å². The molecule has 0 amide bonds. The number of hydrogen-bond acceptors (Lipinski definition) is 2. The summed E-state index contributed by atoms with van der Waals surface area (Å²) >= 11 is 0. The lowest BCUT2D eigenvalue weighted by molar-refractivity contribution is 0.282. The molecule has 0 unspecified atom stereocenters. The van der Waals surface area contributed by atoms with Crippen LogP contribution in [0.3, 0.4) is 0 Å². The van der Waals surface area contributed by atoms with Crippen LogP contribution in [0.2, 0.25) is 0 Å². The van der Waals surface area contributed by atoms with Gasteiger partial charge in [-0.05, 0) is 37.9 Å². The zero-order valence-corrected chi connectivity index (χ0v) is 12.7. The van der Waals surface area contributed by atoms with Crippen molar-refractivity contribution in [2.45, 2.75) is 39.2 Å². The highest BCUT2D eigenvalue weighted by atomic mass is 16.2. The zero-order chi connectivity index (χ0) is 14.4. The second-order valence-electron chi connectivity index (χ2n) is 5.46. The first-order valence-electron chi connectivity index (χ1n) is 7.60. The molecule has 20 heavy (non-hydrogen) atoms. The molecule has 0 spiro atoms. The van der Waals surface area contributed by atoms with Crippen LogP contribution in [0.1, 0.15) is 36.9 Å². The molecule has 0 atom stereocenters. The lowest BCUT2D eigenvalue weighted by Crippen LogP contribution is -2.17. The van der Waals surface area contributed by atoms with E-state index in [1.165, 1.54) is 35.0 Å². The lowest BCUT2D eigenvalue weighted by atomic mass is 10.1. The number of rotatable bonds is 8. The predicted octanol–water partition coefficient (Wildman–Crippen LogP) is 3.13. The van der Waals surface area contributed by atoms with Gasteiger partial charge in [-0.25, -0.2) is 0 Å². The van der Waals surface area contributed by atoms with E-state index in [1.54, 1.807) is 0 Å². The molecule has 0 saturated heterocycles. The molecule has 0 aliphatic carbocycles. The van der Waals surface area contributed by atoms with Gasteiger partial charge in [0.05, 0.1) is 0 Å². The summed E-state index contributed by atoms with van der Waals surface area (Å²) in [4.78, 5) is 0. The Labute approximate surface area is 121 Å². The van der Waals surface area contributed by atoms with Gasteiger partial charge in [0.25, 0.3) is 0 Å². The average Bonchev–Trinajstić information content (AvgIpc) is 2.71. The maximum atomic E-state index is 8.73. The first-order valence-corrected chi connectivity index (χ1v) is 7.60. The molecule has 1 aromatic heterocycles.